The molecule has 1 amide bonds. The fraction of sp³-hybridized carbons (Fsp3) is 0.0816. The van der Waals surface area contributed by atoms with Crippen LogP contribution in [-0.2, 0) is 41.5 Å². The number of azo groups is 4. The first-order chi connectivity index (χ1) is 36.3. The Morgan fingerprint density at radius 2 is 0.922 bits per heavy atom. The summed E-state index contributed by atoms with van der Waals surface area (Å²) in [6, 6.07) is 35.2. The molecule has 0 heterocycles. The maximum absolute atomic E-state index is 12.7. The molecular formula is C49H40N10O14S4. The van der Waals surface area contributed by atoms with E-state index >= 15 is 0 Å². The number of benzene rings is 8. The van der Waals surface area contributed by atoms with Crippen molar-refractivity contribution in [3.8, 4) is 5.75 Å². The predicted octanol–water partition coefficient (Wildman–Crippen LogP) is 11.9. The van der Waals surface area contributed by atoms with Crippen molar-refractivity contribution in [1.82, 2.24) is 0 Å². The van der Waals surface area contributed by atoms with Crippen molar-refractivity contribution < 1.29 is 61.1 Å². The molecular weight excluding hydrogens is 1080 g/mol. The van der Waals surface area contributed by atoms with Gasteiger partial charge in [0.1, 0.15) is 21.2 Å². The first kappa shape index (κ1) is 57.1. The summed E-state index contributed by atoms with van der Waals surface area (Å²) >= 11 is 0. The smallest absolute Gasteiger partial charge is 0.425 e. The Labute approximate surface area is 441 Å². The normalized spacial score (nSPS) is 11.7. The van der Waals surface area contributed by atoms with Crippen LogP contribution in [0.25, 0.3) is 21.5 Å². The molecule has 0 saturated carbocycles. The van der Waals surface area contributed by atoms with E-state index in [1.807, 2.05) is 39.0 Å². The van der Waals surface area contributed by atoms with Crippen LogP contribution in [0.3, 0.4) is 0 Å². The minimum Gasteiger partial charge on any atom is -0.505 e. The number of fused-ring (bicyclic) bond motifs is 2. The molecule has 0 fully saturated rings. The molecule has 8 rings (SSSR count). The summed E-state index contributed by atoms with van der Waals surface area (Å²) in [6.07, 6.45) is 0. The average Bonchev–Trinajstić information content (AvgIpc) is 3.35. The number of rotatable bonds is 12. The number of phenolic OH excluding ortho intramolecular Hbond substituents is 1. The van der Waals surface area contributed by atoms with E-state index in [1.54, 1.807) is 91.9 Å². The van der Waals surface area contributed by atoms with Gasteiger partial charge in [-0.25, -0.2) is 0 Å². The molecule has 0 aromatic heterocycles. The number of hydrogen-bond donors (Lipinski definition) is 5. The van der Waals surface area contributed by atoms with Gasteiger partial charge < -0.3 is 16.2 Å². The van der Waals surface area contributed by atoms with Crippen LogP contribution >= 0.6 is 0 Å². The Morgan fingerprint density at radius 1 is 0.468 bits per heavy atom. The van der Waals surface area contributed by atoms with E-state index in [2.05, 4.69) is 46.2 Å². The lowest BCUT2D eigenvalue weighted by Crippen LogP contribution is -2.11. The first-order valence-electron chi connectivity index (χ1n) is 21.7. The monoisotopic (exact) mass is 1120 g/mol. The number of nitrogens with two attached hydrogens (primary N) is 1. The van der Waals surface area contributed by atoms with Crippen LogP contribution < -0.4 is 11.1 Å². The first-order valence-corrected chi connectivity index (χ1v) is 26.6. The molecule has 8 aromatic rings. The number of aromatic hydroxyl groups is 1. The highest BCUT2D eigenvalue weighted by molar-refractivity contribution is 7.86. The Balaban J connectivity index is 0.00000112. The Kier molecular flexibility index (Phi) is 18.1. The van der Waals surface area contributed by atoms with Crippen molar-refractivity contribution in [2.24, 2.45) is 40.9 Å². The molecule has 0 aliphatic heterocycles. The second-order valence-corrected chi connectivity index (χ2v) is 19.9. The molecule has 0 spiro atoms. The van der Waals surface area contributed by atoms with Crippen molar-refractivity contribution in [3.63, 3.8) is 0 Å². The molecule has 0 radical (unpaired) electrons. The zero-order valence-electron chi connectivity index (χ0n) is 40.3. The van der Waals surface area contributed by atoms with Crippen LogP contribution in [0.15, 0.2) is 184 Å². The number of hydrogen-bond acceptors (Lipinski definition) is 21. The van der Waals surface area contributed by atoms with E-state index in [4.69, 9.17) is 31.0 Å². The Hall–Kier alpha value is -9.19. The summed E-state index contributed by atoms with van der Waals surface area (Å²) < 4.78 is 119. The van der Waals surface area contributed by atoms with Gasteiger partial charge in [0, 0.05) is 27.7 Å². The van der Waals surface area contributed by atoms with Crippen molar-refractivity contribution in [2.45, 2.75) is 37.5 Å². The molecule has 0 bridgehead atoms. The van der Waals surface area contributed by atoms with E-state index in [0.717, 1.165) is 34.9 Å². The largest absolute Gasteiger partial charge is 0.505 e. The molecule has 77 heavy (non-hydrogen) atoms. The Morgan fingerprint density at radius 3 is 1.45 bits per heavy atom. The number of nitrogens with zero attached hydrogens (tertiary/aromatic N) is 8. The van der Waals surface area contributed by atoms with Crippen LogP contribution in [0.5, 0.6) is 5.75 Å². The fourth-order valence-corrected chi connectivity index (χ4v) is 8.49. The van der Waals surface area contributed by atoms with Gasteiger partial charge in [-0.2, -0.15) is 47.5 Å². The Bertz CT molecular complexity index is 4220. The fourth-order valence-electron chi connectivity index (χ4n) is 7.14. The van der Waals surface area contributed by atoms with Crippen LogP contribution in [0.4, 0.5) is 56.9 Å². The number of amides is 1. The van der Waals surface area contributed by atoms with Gasteiger partial charge in [-0.3, -0.25) is 13.9 Å². The average molecular weight is 1120 g/mol. The molecule has 0 saturated heterocycles. The highest BCUT2D eigenvalue weighted by Gasteiger charge is 2.21. The van der Waals surface area contributed by atoms with Gasteiger partial charge in [-0.05, 0) is 176 Å². The summed E-state index contributed by atoms with van der Waals surface area (Å²) in [5.41, 5.74) is 13.4. The lowest BCUT2D eigenvalue weighted by atomic mass is 10.1. The molecule has 24 nitrogen and oxygen atoms in total. The molecule has 0 unspecified atom stereocenters. The third-order valence-electron chi connectivity index (χ3n) is 10.8. The SMILES string of the molecule is Cc1cc(N=Nc2cc(C)c(N=Nc3ccc4cc(NC(=O)c5ccc(N)cc5)ccc4c3O)cc2C)ccc1N=Nc1ccc(N=Nc2cc3c(S(=O)(=O)O)cccc3cc2S(=O)(=O)O)c(C)c1.O=S(=O)=O.O=S(=O)=O. The standard InChI is InChI=1S/C49H40N10O8S2.2O3S/c1-27-20-37(14-18-40(27)54-52-36-15-19-41(28(2)21-36)55-59-45-26-39-32(25-47(45)69(65,66)67)6-5-7-46(39)68(62,63)64)53-57-43-22-30(4)44(23-29(43)3)58-56-42-17-10-33-24-35(13-16-38(33)48(42)60)51-49(61)31-8-11-34(50)12-9-31;2*1-4(2)3/h5-26,60H,50H2,1-4H3,(H,51,61)(H,62,63,64)(H,65,66,67);;. The number of carbonyl (C=O) groups is 1. The molecule has 0 aliphatic carbocycles. The van der Waals surface area contributed by atoms with Gasteiger partial charge in [0.15, 0.2) is 5.75 Å². The summed E-state index contributed by atoms with van der Waals surface area (Å²) in [4.78, 5) is 11.6. The third-order valence-corrected chi connectivity index (χ3v) is 12.6. The number of nitrogens with one attached hydrogen (secondary N) is 1. The summed E-state index contributed by atoms with van der Waals surface area (Å²) in [7, 11) is -15.7. The van der Waals surface area contributed by atoms with Crippen molar-refractivity contribution in [1.29, 1.82) is 0 Å². The minimum absolute atomic E-state index is 0.0163. The van der Waals surface area contributed by atoms with Gasteiger partial charge in [0.05, 0.1) is 34.1 Å². The minimum atomic E-state index is -4.80. The van der Waals surface area contributed by atoms with Crippen LogP contribution in [-0.4, -0.2) is 62.2 Å². The van der Waals surface area contributed by atoms with Gasteiger partial charge in [-0.1, -0.05) is 18.2 Å². The molecule has 0 aliphatic rings. The summed E-state index contributed by atoms with van der Waals surface area (Å²) in [6.45, 7) is 7.34. The zero-order valence-corrected chi connectivity index (χ0v) is 43.6. The topological polar surface area (TPSA) is 385 Å². The highest BCUT2D eigenvalue weighted by atomic mass is 32.2. The van der Waals surface area contributed by atoms with Gasteiger partial charge >= 0.3 is 21.2 Å². The van der Waals surface area contributed by atoms with Crippen molar-refractivity contribution >= 4 is 126 Å². The van der Waals surface area contributed by atoms with Crippen LogP contribution in [0.2, 0.25) is 0 Å². The number of anilines is 2. The van der Waals surface area contributed by atoms with E-state index in [0.29, 0.717) is 67.4 Å². The van der Waals surface area contributed by atoms with Crippen molar-refractivity contribution in [2.75, 3.05) is 11.1 Å². The molecule has 394 valence electrons. The molecule has 8 aromatic carbocycles. The number of nitrogen functional groups attached to an aromatic ring is 1. The van der Waals surface area contributed by atoms with Gasteiger partial charge in [0.25, 0.3) is 26.1 Å². The summed E-state index contributed by atoms with van der Waals surface area (Å²) in [5.74, 6) is -0.337. The number of phenols is 1. The van der Waals surface area contributed by atoms with E-state index < -0.39 is 51.2 Å². The maximum Gasteiger partial charge on any atom is 0.425 e. The number of carbonyl (C=O) groups excluding carboxylic acids is 1. The van der Waals surface area contributed by atoms with Crippen LogP contribution in [0, 0.1) is 27.7 Å². The van der Waals surface area contributed by atoms with Crippen LogP contribution in [0.1, 0.15) is 32.6 Å². The number of aryl methyl sites for hydroxylation is 4. The predicted molar refractivity (Wildman–Crippen MR) is 282 cm³/mol. The van der Waals surface area contributed by atoms with Gasteiger partial charge in [-0.15, -0.1) is 35.5 Å². The zero-order chi connectivity index (χ0) is 56.4. The highest BCUT2D eigenvalue weighted by Crippen LogP contribution is 2.39. The molecule has 28 heteroatoms. The second kappa shape index (κ2) is 24.4. The van der Waals surface area contributed by atoms with Crippen molar-refractivity contribution in [3.05, 3.63) is 161 Å². The molecule has 6 N–H and O–H groups in total. The lowest BCUT2D eigenvalue weighted by Gasteiger charge is -2.09. The quantitative estimate of drug-likeness (QED) is 0.0431. The third kappa shape index (κ3) is 15.4. The van der Waals surface area contributed by atoms with E-state index in [-0.39, 0.29) is 33.8 Å². The second-order valence-electron chi connectivity index (χ2n) is 16.3. The summed E-state index contributed by atoms with van der Waals surface area (Å²) in [5, 5.41) is 49.9. The maximum atomic E-state index is 12.7. The molecule has 0 atom stereocenters. The lowest BCUT2D eigenvalue weighted by molar-refractivity contribution is 0.102. The van der Waals surface area contributed by atoms with Gasteiger partial charge in [0.2, 0.25) is 0 Å². The van der Waals surface area contributed by atoms with E-state index in [9.17, 15) is 35.8 Å². The van der Waals surface area contributed by atoms with E-state index in [1.165, 1.54) is 12.1 Å².